The Hall–Kier alpha value is -0.0800. The molecule has 0 bridgehead atoms. The fourth-order valence-electron chi connectivity index (χ4n) is 2.46. The van der Waals surface area contributed by atoms with Gasteiger partial charge in [-0.25, -0.2) is 0 Å². The van der Waals surface area contributed by atoms with E-state index in [9.17, 15) is 0 Å². The van der Waals surface area contributed by atoms with E-state index in [1.807, 2.05) is 0 Å². The van der Waals surface area contributed by atoms with Gasteiger partial charge in [-0.2, -0.15) is 0 Å². The van der Waals surface area contributed by atoms with Crippen LogP contribution in [0.1, 0.15) is 71.6 Å². The summed E-state index contributed by atoms with van der Waals surface area (Å²) in [5, 5.41) is 3.62. The highest BCUT2D eigenvalue weighted by Gasteiger charge is 2.14. The SMILES string of the molecule is CCCCCCCC(C)NCC1CCCCO1. The molecule has 2 unspecified atom stereocenters. The molecule has 0 aromatic rings. The molecule has 1 heterocycles. The van der Waals surface area contributed by atoms with Gasteiger partial charge in [0, 0.05) is 19.2 Å². The average Bonchev–Trinajstić information content (AvgIpc) is 2.37. The Morgan fingerprint density at radius 1 is 1.18 bits per heavy atom. The van der Waals surface area contributed by atoms with E-state index in [1.54, 1.807) is 0 Å². The molecule has 0 aromatic heterocycles. The number of ether oxygens (including phenoxy) is 1. The van der Waals surface area contributed by atoms with Gasteiger partial charge >= 0.3 is 0 Å². The maximum atomic E-state index is 5.72. The minimum atomic E-state index is 0.478. The third-order valence-electron chi connectivity index (χ3n) is 3.71. The lowest BCUT2D eigenvalue weighted by Gasteiger charge is -2.24. The van der Waals surface area contributed by atoms with Crippen molar-refractivity contribution >= 4 is 0 Å². The first-order chi connectivity index (χ1) is 8.33. The van der Waals surface area contributed by atoms with Crippen LogP contribution in [0.5, 0.6) is 0 Å². The monoisotopic (exact) mass is 241 g/mol. The van der Waals surface area contributed by atoms with Crippen LogP contribution in [-0.4, -0.2) is 25.3 Å². The van der Waals surface area contributed by atoms with Gasteiger partial charge in [0.25, 0.3) is 0 Å². The molecular weight excluding hydrogens is 210 g/mol. The standard InChI is InChI=1S/C15H31NO/c1-3-4-5-6-7-10-14(2)16-13-15-11-8-9-12-17-15/h14-16H,3-13H2,1-2H3. The molecule has 1 fully saturated rings. The Morgan fingerprint density at radius 2 is 2.00 bits per heavy atom. The zero-order valence-corrected chi connectivity index (χ0v) is 11.8. The average molecular weight is 241 g/mol. The predicted octanol–water partition coefficient (Wildman–Crippen LogP) is 3.89. The summed E-state index contributed by atoms with van der Waals surface area (Å²) in [6, 6.07) is 0.655. The van der Waals surface area contributed by atoms with E-state index in [4.69, 9.17) is 4.74 Å². The smallest absolute Gasteiger partial charge is 0.0699 e. The molecule has 2 nitrogen and oxygen atoms in total. The number of hydrogen-bond acceptors (Lipinski definition) is 2. The van der Waals surface area contributed by atoms with Crippen LogP contribution in [0.25, 0.3) is 0 Å². The van der Waals surface area contributed by atoms with Crippen LogP contribution in [0.15, 0.2) is 0 Å². The summed E-state index contributed by atoms with van der Waals surface area (Å²) < 4.78 is 5.72. The van der Waals surface area contributed by atoms with Crippen molar-refractivity contribution in [3.8, 4) is 0 Å². The zero-order chi connectivity index (χ0) is 12.3. The minimum absolute atomic E-state index is 0.478. The third-order valence-corrected chi connectivity index (χ3v) is 3.71. The maximum absolute atomic E-state index is 5.72. The van der Waals surface area contributed by atoms with Gasteiger partial charge in [-0.1, -0.05) is 39.0 Å². The summed E-state index contributed by atoms with van der Waals surface area (Å²) in [5.41, 5.74) is 0. The van der Waals surface area contributed by atoms with Crippen LogP contribution in [0.4, 0.5) is 0 Å². The van der Waals surface area contributed by atoms with Crippen molar-refractivity contribution in [3.63, 3.8) is 0 Å². The molecule has 0 saturated carbocycles. The van der Waals surface area contributed by atoms with Gasteiger partial charge in [0.2, 0.25) is 0 Å². The Morgan fingerprint density at radius 3 is 2.71 bits per heavy atom. The highest BCUT2D eigenvalue weighted by molar-refractivity contribution is 4.69. The summed E-state index contributed by atoms with van der Waals surface area (Å²) in [4.78, 5) is 0. The van der Waals surface area contributed by atoms with Crippen molar-refractivity contribution in [2.24, 2.45) is 0 Å². The van der Waals surface area contributed by atoms with Crippen LogP contribution in [0, 0.1) is 0 Å². The number of rotatable bonds is 9. The number of hydrogen-bond donors (Lipinski definition) is 1. The van der Waals surface area contributed by atoms with E-state index in [0.29, 0.717) is 12.1 Å². The van der Waals surface area contributed by atoms with Gasteiger partial charge in [-0.15, -0.1) is 0 Å². The van der Waals surface area contributed by atoms with Gasteiger partial charge in [0.1, 0.15) is 0 Å². The molecule has 17 heavy (non-hydrogen) atoms. The highest BCUT2D eigenvalue weighted by Crippen LogP contribution is 2.12. The lowest BCUT2D eigenvalue weighted by Crippen LogP contribution is -2.36. The lowest BCUT2D eigenvalue weighted by molar-refractivity contribution is 0.0155. The summed E-state index contributed by atoms with van der Waals surface area (Å²) in [6.07, 6.45) is 12.6. The van der Waals surface area contributed by atoms with Crippen molar-refractivity contribution in [3.05, 3.63) is 0 Å². The van der Waals surface area contributed by atoms with Crippen molar-refractivity contribution in [1.29, 1.82) is 0 Å². The topological polar surface area (TPSA) is 21.3 Å². The summed E-state index contributed by atoms with van der Waals surface area (Å²) in [7, 11) is 0. The molecule has 1 saturated heterocycles. The summed E-state index contributed by atoms with van der Waals surface area (Å²) in [6.45, 7) is 6.60. The van der Waals surface area contributed by atoms with E-state index in [2.05, 4.69) is 19.2 Å². The molecule has 2 atom stereocenters. The maximum Gasteiger partial charge on any atom is 0.0699 e. The first-order valence-corrected chi connectivity index (χ1v) is 7.68. The van der Waals surface area contributed by atoms with Crippen molar-refractivity contribution in [2.45, 2.75) is 83.8 Å². The van der Waals surface area contributed by atoms with Crippen molar-refractivity contribution < 1.29 is 4.74 Å². The second kappa shape index (κ2) is 9.90. The van der Waals surface area contributed by atoms with E-state index in [0.717, 1.165) is 13.2 Å². The van der Waals surface area contributed by atoms with Crippen molar-refractivity contribution in [1.82, 2.24) is 5.32 Å². The van der Waals surface area contributed by atoms with Crippen LogP contribution in [0.3, 0.4) is 0 Å². The Bertz CT molecular complexity index is 166. The van der Waals surface area contributed by atoms with Crippen LogP contribution < -0.4 is 5.32 Å². The molecule has 0 spiro atoms. The molecular formula is C15H31NO. The summed E-state index contributed by atoms with van der Waals surface area (Å²) in [5.74, 6) is 0. The van der Waals surface area contributed by atoms with Gasteiger partial charge in [0.15, 0.2) is 0 Å². The highest BCUT2D eigenvalue weighted by atomic mass is 16.5. The molecule has 0 amide bonds. The molecule has 1 N–H and O–H groups in total. The number of nitrogens with one attached hydrogen (secondary N) is 1. The molecule has 0 aromatic carbocycles. The van der Waals surface area contributed by atoms with Gasteiger partial charge < -0.3 is 10.1 Å². The molecule has 0 aliphatic carbocycles. The lowest BCUT2D eigenvalue weighted by atomic mass is 10.1. The van der Waals surface area contributed by atoms with Crippen LogP contribution in [0.2, 0.25) is 0 Å². The molecule has 102 valence electrons. The van der Waals surface area contributed by atoms with Crippen LogP contribution in [-0.2, 0) is 4.74 Å². The second-order valence-corrected chi connectivity index (χ2v) is 5.50. The quantitative estimate of drug-likeness (QED) is 0.618. The molecule has 2 heteroatoms. The molecule has 0 radical (unpaired) electrons. The second-order valence-electron chi connectivity index (χ2n) is 5.50. The van der Waals surface area contributed by atoms with E-state index < -0.39 is 0 Å². The zero-order valence-electron chi connectivity index (χ0n) is 11.8. The molecule has 1 rings (SSSR count). The Labute approximate surface area is 108 Å². The van der Waals surface area contributed by atoms with Crippen molar-refractivity contribution in [2.75, 3.05) is 13.2 Å². The fourth-order valence-corrected chi connectivity index (χ4v) is 2.46. The first-order valence-electron chi connectivity index (χ1n) is 7.68. The van der Waals surface area contributed by atoms with Crippen LogP contribution >= 0.6 is 0 Å². The fraction of sp³-hybridized carbons (Fsp3) is 1.00. The number of unbranched alkanes of at least 4 members (excludes halogenated alkanes) is 4. The Balaban J connectivity index is 1.91. The summed E-state index contributed by atoms with van der Waals surface area (Å²) >= 11 is 0. The van der Waals surface area contributed by atoms with Gasteiger partial charge in [-0.3, -0.25) is 0 Å². The largest absolute Gasteiger partial charge is 0.377 e. The van der Waals surface area contributed by atoms with E-state index in [1.165, 1.54) is 57.8 Å². The third kappa shape index (κ3) is 7.77. The molecule has 1 aliphatic heterocycles. The van der Waals surface area contributed by atoms with Gasteiger partial charge in [-0.05, 0) is 32.6 Å². The van der Waals surface area contributed by atoms with E-state index >= 15 is 0 Å². The Kier molecular flexibility index (Phi) is 8.72. The van der Waals surface area contributed by atoms with E-state index in [-0.39, 0.29) is 0 Å². The minimum Gasteiger partial charge on any atom is -0.377 e. The first kappa shape index (κ1) is 15.0. The molecule has 1 aliphatic rings. The predicted molar refractivity (Wildman–Crippen MR) is 74.4 cm³/mol. The normalized spacial score (nSPS) is 22.6. The van der Waals surface area contributed by atoms with Gasteiger partial charge in [0.05, 0.1) is 6.10 Å².